The number of rotatable bonds is 5. The third kappa shape index (κ3) is 3.42. The highest BCUT2D eigenvalue weighted by atomic mass is 19.1. The first kappa shape index (κ1) is 12.8. The summed E-state index contributed by atoms with van der Waals surface area (Å²) < 4.78 is 13.0. The molecule has 88 valence electrons. The Labute approximate surface area is 95.7 Å². The van der Waals surface area contributed by atoms with Crippen molar-refractivity contribution in [2.75, 3.05) is 0 Å². The van der Waals surface area contributed by atoms with Gasteiger partial charge in [-0.05, 0) is 37.1 Å². The number of carbonyl (C=O) groups is 1. The monoisotopic (exact) mass is 223 g/mol. The molecule has 0 aliphatic carbocycles. The van der Waals surface area contributed by atoms with E-state index in [1.54, 1.807) is 13.0 Å². The quantitative estimate of drug-likeness (QED) is 0.780. The van der Waals surface area contributed by atoms with Crippen LogP contribution in [0, 0.1) is 12.7 Å². The van der Waals surface area contributed by atoms with E-state index in [2.05, 4.69) is 0 Å². The van der Waals surface area contributed by atoms with Crippen molar-refractivity contribution in [3.8, 4) is 0 Å². The van der Waals surface area contributed by atoms with E-state index >= 15 is 0 Å². The molecule has 0 spiro atoms. The van der Waals surface area contributed by atoms with Crippen LogP contribution in [0.3, 0.4) is 0 Å². The molecule has 0 aromatic heterocycles. The van der Waals surface area contributed by atoms with Crippen LogP contribution in [-0.4, -0.2) is 11.8 Å². The highest BCUT2D eigenvalue weighted by Crippen LogP contribution is 2.12. The van der Waals surface area contributed by atoms with Crippen LogP contribution in [0.15, 0.2) is 18.2 Å². The Morgan fingerprint density at radius 1 is 1.50 bits per heavy atom. The third-order valence-electron chi connectivity index (χ3n) is 2.59. The molecule has 0 aliphatic heterocycles. The van der Waals surface area contributed by atoms with E-state index in [1.165, 1.54) is 12.1 Å². The van der Waals surface area contributed by atoms with Crippen molar-refractivity contribution in [1.82, 2.24) is 0 Å². The second-order valence-electron chi connectivity index (χ2n) is 4.14. The summed E-state index contributed by atoms with van der Waals surface area (Å²) >= 11 is 0. The Kier molecular flexibility index (Phi) is 4.62. The van der Waals surface area contributed by atoms with Gasteiger partial charge in [-0.1, -0.05) is 13.3 Å². The van der Waals surface area contributed by atoms with E-state index in [1.807, 2.05) is 6.92 Å². The topological polar surface area (TPSA) is 43.1 Å². The van der Waals surface area contributed by atoms with Gasteiger partial charge in [0.2, 0.25) is 0 Å². The standard InChI is InChI=1S/C13H18FNO/c1-3-4-11(15)8-13(16)10-5-6-12(14)9(2)7-10/h5-7,11H,3-4,8,15H2,1-2H3. The Bertz CT molecular complexity index is 376. The molecular formula is C13H18FNO. The fraction of sp³-hybridized carbons (Fsp3) is 0.462. The number of hydrogen-bond acceptors (Lipinski definition) is 2. The van der Waals surface area contributed by atoms with Gasteiger partial charge < -0.3 is 5.73 Å². The summed E-state index contributed by atoms with van der Waals surface area (Å²) in [5.41, 5.74) is 6.84. The first-order valence-corrected chi connectivity index (χ1v) is 5.59. The zero-order valence-electron chi connectivity index (χ0n) is 9.79. The Balaban J connectivity index is 2.69. The van der Waals surface area contributed by atoms with E-state index in [0.29, 0.717) is 17.5 Å². The third-order valence-corrected chi connectivity index (χ3v) is 2.59. The Hall–Kier alpha value is -1.22. The van der Waals surface area contributed by atoms with E-state index in [4.69, 9.17) is 5.73 Å². The summed E-state index contributed by atoms with van der Waals surface area (Å²) in [5.74, 6) is -0.293. The van der Waals surface area contributed by atoms with E-state index < -0.39 is 0 Å². The number of nitrogens with two attached hydrogens (primary N) is 1. The van der Waals surface area contributed by atoms with Crippen LogP contribution in [0.5, 0.6) is 0 Å². The van der Waals surface area contributed by atoms with Crippen molar-refractivity contribution in [3.05, 3.63) is 35.1 Å². The van der Waals surface area contributed by atoms with Crippen molar-refractivity contribution < 1.29 is 9.18 Å². The van der Waals surface area contributed by atoms with Gasteiger partial charge in [-0.2, -0.15) is 0 Å². The molecule has 1 aromatic rings. The highest BCUT2D eigenvalue weighted by molar-refractivity contribution is 5.96. The maximum Gasteiger partial charge on any atom is 0.164 e. The normalized spacial score (nSPS) is 12.5. The molecule has 0 saturated carbocycles. The summed E-state index contributed by atoms with van der Waals surface area (Å²) in [6, 6.07) is 4.33. The molecule has 0 aliphatic rings. The summed E-state index contributed by atoms with van der Waals surface area (Å²) in [7, 11) is 0. The van der Waals surface area contributed by atoms with Crippen LogP contribution in [-0.2, 0) is 0 Å². The summed E-state index contributed by atoms with van der Waals surface area (Å²) in [4.78, 5) is 11.8. The highest BCUT2D eigenvalue weighted by Gasteiger charge is 2.12. The summed E-state index contributed by atoms with van der Waals surface area (Å²) in [6.07, 6.45) is 2.14. The molecule has 0 heterocycles. The number of benzene rings is 1. The Morgan fingerprint density at radius 3 is 2.75 bits per heavy atom. The van der Waals surface area contributed by atoms with Gasteiger partial charge in [0.25, 0.3) is 0 Å². The maximum atomic E-state index is 13.0. The lowest BCUT2D eigenvalue weighted by Gasteiger charge is -2.09. The molecule has 0 saturated heterocycles. The molecule has 0 amide bonds. The van der Waals surface area contributed by atoms with Crippen LogP contribution < -0.4 is 5.73 Å². The molecule has 1 unspecified atom stereocenters. The van der Waals surface area contributed by atoms with Gasteiger partial charge in [0.1, 0.15) is 5.82 Å². The molecular weight excluding hydrogens is 205 g/mol. The van der Waals surface area contributed by atoms with Crippen molar-refractivity contribution in [2.24, 2.45) is 5.73 Å². The molecule has 1 rings (SSSR count). The summed E-state index contributed by atoms with van der Waals surface area (Å²) in [5, 5.41) is 0. The van der Waals surface area contributed by atoms with Gasteiger partial charge in [-0.3, -0.25) is 4.79 Å². The minimum Gasteiger partial charge on any atom is -0.327 e. The van der Waals surface area contributed by atoms with Crippen molar-refractivity contribution in [1.29, 1.82) is 0 Å². The lowest BCUT2D eigenvalue weighted by Crippen LogP contribution is -2.23. The molecule has 1 aromatic carbocycles. The average molecular weight is 223 g/mol. The van der Waals surface area contributed by atoms with E-state index in [9.17, 15) is 9.18 Å². The molecule has 2 nitrogen and oxygen atoms in total. The number of carbonyl (C=O) groups excluding carboxylic acids is 1. The molecule has 2 N–H and O–H groups in total. The summed E-state index contributed by atoms with van der Waals surface area (Å²) in [6.45, 7) is 3.68. The van der Waals surface area contributed by atoms with Gasteiger partial charge in [-0.15, -0.1) is 0 Å². The average Bonchev–Trinajstić information content (AvgIpc) is 2.22. The lowest BCUT2D eigenvalue weighted by molar-refractivity contribution is 0.0973. The van der Waals surface area contributed by atoms with Gasteiger partial charge in [0, 0.05) is 18.0 Å². The van der Waals surface area contributed by atoms with Gasteiger partial charge in [0.15, 0.2) is 5.78 Å². The van der Waals surface area contributed by atoms with Crippen molar-refractivity contribution in [2.45, 2.75) is 39.2 Å². The molecule has 3 heteroatoms. The number of aryl methyl sites for hydroxylation is 1. The van der Waals surface area contributed by atoms with Crippen molar-refractivity contribution in [3.63, 3.8) is 0 Å². The van der Waals surface area contributed by atoms with Gasteiger partial charge >= 0.3 is 0 Å². The zero-order valence-corrected chi connectivity index (χ0v) is 9.79. The second-order valence-corrected chi connectivity index (χ2v) is 4.14. The first-order chi connectivity index (χ1) is 7.54. The van der Waals surface area contributed by atoms with Crippen molar-refractivity contribution >= 4 is 5.78 Å². The Morgan fingerprint density at radius 2 is 2.19 bits per heavy atom. The smallest absolute Gasteiger partial charge is 0.164 e. The number of hydrogen-bond donors (Lipinski definition) is 1. The minimum atomic E-state index is -0.283. The number of halogens is 1. The number of Topliss-reactive ketones (excluding diaryl/α,β-unsaturated/α-hetero) is 1. The maximum absolute atomic E-state index is 13.0. The molecule has 0 bridgehead atoms. The molecule has 16 heavy (non-hydrogen) atoms. The van der Waals surface area contributed by atoms with Crippen LogP contribution in [0.1, 0.15) is 42.1 Å². The molecule has 0 fully saturated rings. The minimum absolute atomic E-state index is 0.0101. The predicted octanol–water partition coefficient (Wildman–Crippen LogP) is 2.83. The molecule has 0 radical (unpaired) electrons. The fourth-order valence-corrected chi connectivity index (χ4v) is 1.65. The second kappa shape index (κ2) is 5.75. The van der Waals surface area contributed by atoms with E-state index in [-0.39, 0.29) is 17.6 Å². The molecule has 1 atom stereocenters. The SMILES string of the molecule is CCCC(N)CC(=O)c1ccc(F)c(C)c1. The van der Waals surface area contributed by atoms with Crippen LogP contribution in [0.2, 0.25) is 0 Å². The lowest BCUT2D eigenvalue weighted by atomic mass is 10.00. The fourth-order valence-electron chi connectivity index (χ4n) is 1.65. The van der Waals surface area contributed by atoms with E-state index in [0.717, 1.165) is 12.8 Å². The largest absolute Gasteiger partial charge is 0.327 e. The first-order valence-electron chi connectivity index (χ1n) is 5.59. The van der Waals surface area contributed by atoms with Gasteiger partial charge in [0.05, 0.1) is 0 Å². The van der Waals surface area contributed by atoms with Crippen LogP contribution >= 0.6 is 0 Å². The number of ketones is 1. The van der Waals surface area contributed by atoms with Crippen LogP contribution in [0.4, 0.5) is 4.39 Å². The van der Waals surface area contributed by atoms with Crippen LogP contribution in [0.25, 0.3) is 0 Å². The predicted molar refractivity (Wildman–Crippen MR) is 63.0 cm³/mol. The van der Waals surface area contributed by atoms with Gasteiger partial charge in [-0.25, -0.2) is 4.39 Å². The zero-order chi connectivity index (χ0) is 12.1.